The van der Waals surface area contributed by atoms with Crippen LogP contribution in [-0.2, 0) is 0 Å². The van der Waals surface area contributed by atoms with Crippen molar-refractivity contribution in [2.75, 3.05) is 25.6 Å². The Morgan fingerprint density at radius 3 is 2.46 bits per heavy atom. The molecule has 0 bridgehead atoms. The lowest BCUT2D eigenvalue weighted by Gasteiger charge is -2.32. The summed E-state index contributed by atoms with van der Waals surface area (Å²) in [4.78, 5) is 2.46. The van der Waals surface area contributed by atoms with Gasteiger partial charge in [-0.05, 0) is 39.6 Å². The van der Waals surface area contributed by atoms with E-state index in [9.17, 15) is 0 Å². The lowest BCUT2D eigenvalue weighted by molar-refractivity contribution is 0.188. The molecule has 0 aromatic heterocycles. The molecule has 2 unspecified atom stereocenters. The molecule has 0 aliphatic rings. The van der Waals surface area contributed by atoms with Crippen LogP contribution in [0.25, 0.3) is 0 Å². The maximum atomic E-state index is 5.55. The van der Waals surface area contributed by atoms with Crippen molar-refractivity contribution in [3.05, 3.63) is 0 Å². The largest absolute Gasteiger partial charge is 0.330 e. The van der Waals surface area contributed by atoms with E-state index < -0.39 is 0 Å². The molecule has 0 amide bonds. The quantitative estimate of drug-likeness (QED) is 0.685. The first-order valence-electron chi connectivity index (χ1n) is 5.08. The zero-order chi connectivity index (χ0) is 10.3. The van der Waals surface area contributed by atoms with Crippen LogP contribution >= 0.6 is 11.8 Å². The third-order valence-electron chi connectivity index (χ3n) is 2.69. The van der Waals surface area contributed by atoms with Crippen LogP contribution in [0.1, 0.15) is 26.7 Å². The van der Waals surface area contributed by atoms with Crippen LogP contribution in [-0.4, -0.2) is 42.6 Å². The lowest BCUT2D eigenvalue weighted by atomic mass is 10.1. The lowest BCUT2D eigenvalue weighted by Crippen LogP contribution is -2.40. The van der Waals surface area contributed by atoms with Crippen LogP contribution in [0.3, 0.4) is 0 Å². The Bertz CT molecular complexity index is 119. The van der Waals surface area contributed by atoms with Crippen molar-refractivity contribution in [3.8, 4) is 0 Å². The predicted octanol–water partition coefficient (Wildman–Crippen LogP) is 1.80. The second-order valence-electron chi connectivity index (χ2n) is 3.61. The standard InChI is InChI=1S/C10H24N2S/c1-5-10(8-13-4)12(3)9(2)6-7-11/h9-10H,5-8,11H2,1-4H3. The van der Waals surface area contributed by atoms with Crippen LogP contribution < -0.4 is 5.73 Å². The highest BCUT2D eigenvalue weighted by Gasteiger charge is 2.16. The first kappa shape index (κ1) is 13.3. The van der Waals surface area contributed by atoms with Crippen molar-refractivity contribution < 1.29 is 0 Å². The van der Waals surface area contributed by atoms with Gasteiger partial charge in [-0.1, -0.05) is 6.92 Å². The highest BCUT2D eigenvalue weighted by Crippen LogP contribution is 2.12. The van der Waals surface area contributed by atoms with Crippen molar-refractivity contribution >= 4 is 11.8 Å². The van der Waals surface area contributed by atoms with Crippen molar-refractivity contribution in [2.45, 2.75) is 38.8 Å². The number of nitrogens with zero attached hydrogens (tertiary/aromatic N) is 1. The van der Waals surface area contributed by atoms with Gasteiger partial charge in [0.15, 0.2) is 0 Å². The third-order valence-corrected chi connectivity index (χ3v) is 3.40. The average Bonchev–Trinajstić information content (AvgIpc) is 2.13. The van der Waals surface area contributed by atoms with Gasteiger partial charge in [-0.25, -0.2) is 0 Å². The monoisotopic (exact) mass is 204 g/mol. The number of hydrogen-bond acceptors (Lipinski definition) is 3. The summed E-state index contributed by atoms with van der Waals surface area (Å²) in [7, 11) is 2.21. The Balaban J connectivity index is 3.94. The van der Waals surface area contributed by atoms with E-state index >= 15 is 0 Å². The Kier molecular flexibility index (Phi) is 7.81. The van der Waals surface area contributed by atoms with E-state index in [4.69, 9.17) is 5.73 Å². The van der Waals surface area contributed by atoms with Gasteiger partial charge in [0.05, 0.1) is 0 Å². The predicted molar refractivity (Wildman–Crippen MR) is 63.4 cm³/mol. The van der Waals surface area contributed by atoms with Crippen molar-refractivity contribution in [2.24, 2.45) is 5.73 Å². The fraction of sp³-hybridized carbons (Fsp3) is 1.00. The van der Waals surface area contributed by atoms with Gasteiger partial charge in [-0.15, -0.1) is 0 Å². The van der Waals surface area contributed by atoms with E-state index in [1.54, 1.807) is 0 Å². The van der Waals surface area contributed by atoms with Crippen LogP contribution in [0.4, 0.5) is 0 Å². The molecule has 0 fully saturated rings. The molecule has 2 atom stereocenters. The normalized spacial score (nSPS) is 16.2. The van der Waals surface area contributed by atoms with E-state index in [1.165, 1.54) is 12.2 Å². The third kappa shape index (κ3) is 4.89. The molecular formula is C10H24N2S. The molecule has 0 saturated heterocycles. The van der Waals surface area contributed by atoms with Crippen LogP contribution in [0.15, 0.2) is 0 Å². The molecule has 2 N–H and O–H groups in total. The fourth-order valence-corrected chi connectivity index (χ4v) is 2.38. The molecular weight excluding hydrogens is 180 g/mol. The molecule has 0 aromatic carbocycles. The minimum Gasteiger partial charge on any atom is -0.330 e. The molecule has 2 nitrogen and oxygen atoms in total. The summed E-state index contributed by atoms with van der Waals surface area (Å²) in [6.07, 6.45) is 4.50. The van der Waals surface area contributed by atoms with Crippen LogP contribution in [0.2, 0.25) is 0 Å². The van der Waals surface area contributed by atoms with Gasteiger partial charge in [-0.2, -0.15) is 11.8 Å². The summed E-state index contributed by atoms with van der Waals surface area (Å²) in [5, 5.41) is 0. The molecule has 13 heavy (non-hydrogen) atoms. The second-order valence-corrected chi connectivity index (χ2v) is 4.52. The van der Waals surface area contributed by atoms with E-state index in [0.717, 1.165) is 13.0 Å². The number of thioether (sulfide) groups is 1. The highest BCUT2D eigenvalue weighted by molar-refractivity contribution is 7.98. The van der Waals surface area contributed by atoms with Gasteiger partial charge in [0.25, 0.3) is 0 Å². The molecule has 0 heterocycles. The molecule has 0 aliphatic heterocycles. The van der Waals surface area contributed by atoms with E-state index in [2.05, 4.69) is 32.1 Å². The molecule has 80 valence electrons. The minimum atomic E-state index is 0.613. The number of nitrogens with two attached hydrogens (primary N) is 1. The van der Waals surface area contributed by atoms with Gasteiger partial charge < -0.3 is 5.73 Å². The van der Waals surface area contributed by atoms with Gasteiger partial charge in [0, 0.05) is 17.8 Å². The highest BCUT2D eigenvalue weighted by atomic mass is 32.2. The number of rotatable bonds is 7. The van der Waals surface area contributed by atoms with E-state index in [0.29, 0.717) is 12.1 Å². The van der Waals surface area contributed by atoms with Gasteiger partial charge >= 0.3 is 0 Å². The summed E-state index contributed by atoms with van der Waals surface area (Å²) in [5.41, 5.74) is 5.55. The maximum Gasteiger partial charge on any atom is 0.0183 e. The molecule has 0 rings (SSSR count). The van der Waals surface area contributed by atoms with Gasteiger partial charge in [0.1, 0.15) is 0 Å². The molecule has 0 spiro atoms. The zero-order valence-electron chi connectivity index (χ0n) is 9.42. The van der Waals surface area contributed by atoms with Crippen molar-refractivity contribution in [1.82, 2.24) is 4.90 Å². The Labute approximate surface area is 87.2 Å². The van der Waals surface area contributed by atoms with Gasteiger partial charge in [-0.3, -0.25) is 4.90 Å². The molecule has 0 aliphatic carbocycles. The fourth-order valence-electron chi connectivity index (χ4n) is 1.52. The Morgan fingerprint density at radius 1 is 1.46 bits per heavy atom. The summed E-state index contributed by atoms with van der Waals surface area (Å²) < 4.78 is 0. The zero-order valence-corrected chi connectivity index (χ0v) is 10.2. The van der Waals surface area contributed by atoms with Crippen LogP contribution in [0.5, 0.6) is 0 Å². The summed E-state index contributed by atoms with van der Waals surface area (Å²) in [6.45, 7) is 5.31. The van der Waals surface area contributed by atoms with Crippen molar-refractivity contribution in [3.63, 3.8) is 0 Å². The molecule has 3 heteroatoms. The molecule has 0 aromatic rings. The second kappa shape index (κ2) is 7.65. The average molecular weight is 204 g/mol. The first-order chi connectivity index (χ1) is 6.17. The Morgan fingerprint density at radius 2 is 2.08 bits per heavy atom. The summed E-state index contributed by atoms with van der Waals surface area (Å²) >= 11 is 1.93. The summed E-state index contributed by atoms with van der Waals surface area (Å²) in [6, 6.07) is 1.32. The SMILES string of the molecule is CCC(CSC)N(C)C(C)CCN. The summed E-state index contributed by atoms with van der Waals surface area (Å²) in [5.74, 6) is 1.22. The molecule has 0 radical (unpaired) electrons. The minimum absolute atomic E-state index is 0.613. The van der Waals surface area contributed by atoms with E-state index in [-0.39, 0.29) is 0 Å². The maximum absolute atomic E-state index is 5.55. The Hall–Kier alpha value is 0.270. The molecule has 0 saturated carbocycles. The number of hydrogen-bond donors (Lipinski definition) is 1. The first-order valence-corrected chi connectivity index (χ1v) is 6.47. The van der Waals surface area contributed by atoms with E-state index in [1.807, 2.05) is 11.8 Å². The van der Waals surface area contributed by atoms with Gasteiger partial charge in [0.2, 0.25) is 0 Å². The smallest absolute Gasteiger partial charge is 0.0183 e. The van der Waals surface area contributed by atoms with Crippen molar-refractivity contribution in [1.29, 1.82) is 0 Å². The van der Waals surface area contributed by atoms with Crippen LogP contribution in [0, 0.1) is 0 Å². The topological polar surface area (TPSA) is 29.3 Å².